The summed E-state index contributed by atoms with van der Waals surface area (Å²) in [6.07, 6.45) is 5.59. The molecule has 0 radical (unpaired) electrons. The highest BCUT2D eigenvalue weighted by Gasteiger charge is 2.24. The van der Waals surface area contributed by atoms with Gasteiger partial charge in [-0.25, -0.2) is 0 Å². The Hall–Kier alpha value is -2.29. The third-order valence-corrected chi connectivity index (χ3v) is 5.86. The highest BCUT2D eigenvalue weighted by Crippen LogP contribution is 2.31. The number of guanidine groups is 1. The lowest BCUT2D eigenvalue weighted by Gasteiger charge is -2.26. The predicted molar refractivity (Wildman–Crippen MR) is 135 cm³/mol. The minimum Gasteiger partial charge on any atom is -0.490 e. The van der Waals surface area contributed by atoms with E-state index in [1.54, 1.807) is 7.05 Å². The molecule has 1 amide bonds. The Morgan fingerprint density at radius 3 is 2.65 bits per heavy atom. The molecule has 1 aliphatic carbocycles. The number of anilines is 1. The van der Waals surface area contributed by atoms with Crippen LogP contribution in [0.25, 0.3) is 0 Å². The Labute approximate surface area is 201 Å². The Kier molecular flexibility index (Phi) is 8.57. The molecular weight excluding hydrogens is 503 g/mol. The number of nitrogens with one attached hydrogen (secondary N) is 3. The first kappa shape index (κ1) is 23.4. The topological polar surface area (TPSA) is 74.8 Å². The molecule has 1 saturated carbocycles. The van der Waals surface area contributed by atoms with E-state index in [2.05, 4.69) is 33.1 Å². The maximum Gasteiger partial charge on any atom is 0.225 e. The summed E-state index contributed by atoms with van der Waals surface area (Å²) in [6.45, 7) is 1.27. The van der Waals surface area contributed by atoms with Crippen molar-refractivity contribution >= 4 is 41.5 Å². The molecule has 0 spiro atoms. The monoisotopic (exact) mass is 534 g/mol. The van der Waals surface area contributed by atoms with Gasteiger partial charge in [0.1, 0.15) is 5.75 Å². The summed E-state index contributed by atoms with van der Waals surface area (Å²) in [7, 11) is 1.76. The van der Waals surface area contributed by atoms with Crippen molar-refractivity contribution in [2.45, 2.75) is 50.7 Å². The number of amides is 1. The van der Waals surface area contributed by atoms with Gasteiger partial charge in [0, 0.05) is 43.7 Å². The van der Waals surface area contributed by atoms with Crippen LogP contribution in [0.5, 0.6) is 5.75 Å². The second kappa shape index (κ2) is 11.4. The standard InChI is InChI=1S/C24H30N4O2.HI/c1-25-24(27-16-18-14-23(29)28-21-12-6-5-11-20(18)21)26-15-17-8-2-7-13-22(17)30-19-9-3-4-10-19;/h2,5-8,11-13,18-19H,3-4,9-10,14-16H2,1H3,(H,28,29)(H2,25,26,27);1H. The molecule has 2 aliphatic rings. The molecule has 6 nitrogen and oxygen atoms in total. The smallest absolute Gasteiger partial charge is 0.225 e. The molecular formula is C24H31IN4O2. The first-order valence-corrected chi connectivity index (χ1v) is 10.8. The van der Waals surface area contributed by atoms with Crippen LogP contribution in [-0.4, -0.2) is 31.6 Å². The summed E-state index contributed by atoms with van der Waals surface area (Å²) in [5, 5.41) is 9.71. The Balaban J connectivity index is 0.00000272. The van der Waals surface area contributed by atoms with Crippen LogP contribution in [0.2, 0.25) is 0 Å². The van der Waals surface area contributed by atoms with E-state index >= 15 is 0 Å². The minimum absolute atomic E-state index is 0. The highest BCUT2D eigenvalue weighted by atomic mass is 127. The van der Waals surface area contributed by atoms with E-state index in [-0.39, 0.29) is 35.8 Å². The first-order chi connectivity index (χ1) is 14.7. The lowest BCUT2D eigenvalue weighted by molar-refractivity contribution is -0.116. The maximum absolute atomic E-state index is 12.0. The molecule has 1 unspecified atom stereocenters. The average molecular weight is 534 g/mol. The number of rotatable bonds is 6. The van der Waals surface area contributed by atoms with Crippen molar-refractivity contribution in [3.63, 3.8) is 0 Å². The molecule has 0 saturated heterocycles. The molecule has 7 heteroatoms. The van der Waals surface area contributed by atoms with Crippen molar-refractivity contribution in [1.29, 1.82) is 0 Å². The van der Waals surface area contributed by atoms with Gasteiger partial charge < -0.3 is 20.7 Å². The lowest BCUT2D eigenvalue weighted by Crippen LogP contribution is -2.40. The van der Waals surface area contributed by atoms with E-state index in [4.69, 9.17) is 4.74 Å². The van der Waals surface area contributed by atoms with Gasteiger partial charge in [-0.05, 0) is 43.4 Å². The van der Waals surface area contributed by atoms with E-state index in [0.717, 1.165) is 35.4 Å². The van der Waals surface area contributed by atoms with Crippen molar-refractivity contribution in [3.05, 3.63) is 59.7 Å². The van der Waals surface area contributed by atoms with Crippen molar-refractivity contribution in [1.82, 2.24) is 10.6 Å². The van der Waals surface area contributed by atoms with Crippen molar-refractivity contribution in [2.75, 3.05) is 18.9 Å². The number of benzene rings is 2. The van der Waals surface area contributed by atoms with Crippen LogP contribution < -0.4 is 20.7 Å². The van der Waals surface area contributed by atoms with Gasteiger partial charge in [-0.2, -0.15) is 0 Å². The van der Waals surface area contributed by atoms with E-state index < -0.39 is 0 Å². The summed E-state index contributed by atoms with van der Waals surface area (Å²) < 4.78 is 6.23. The maximum atomic E-state index is 12.0. The lowest BCUT2D eigenvalue weighted by atomic mass is 9.90. The van der Waals surface area contributed by atoms with Gasteiger partial charge >= 0.3 is 0 Å². The molecule has 2 aromatic rings. The fraction of sp³-hybridized carbons (Fsp3) is 0.417. The van der Waals surface area contributed by atoms with Crippen LogP contribution in [-0.2, 0) is 11.3 Å². The van der Waals surface area contributed by atoms with Crippen LogP contribution in [0.3, 0.4) is 0 Å². The van der Waals surface area contributed by atoms with Gasteiger partial charge in [0.2, 0.25) is 5.91 Å². The Morgan fingerprint density at radius 1 is 1.10 bits per heavy atom. The van der Waals surface area contributed by atoms with Gasteiger partial charge in [0.05, 0.1) is 6.10 Å². The van der Waals surface area contributed by atoms with Crippen LogP contribution in [0, 0.1) is 0 Å². The third kappa shape index (κ3) is 6.12. The minimum atomic E-state index is 0. The summed E-state index contributed by atoms with van der Waals surface area (Å²) in [5.74, 6) is 1.84. The zero-order chi connectivity index (χ0) is 20.8. The SMILES string of the molecule is CN=C(NCc1ccccc1OC1CCCC1)NCC1CC(=O)Nc2ccccc21.I. The quantitative estimate of drug-likeness (QED) is 0.292. The molecule has 1 heterocycles. The zero-order valence-corrected chi connectivity index (χ0v) is 20.2. The van der Waals surface area contributed by atoms with E-state index in [1.807, 2.05) is 36.4 Å². The number of nitrogens with zero attached hydrogens (tertiary/aromatic N) is 1. The summed E-state index contributed by atoms with van der Waals surface area (Å²) in [5.41, 5.74) is 3.19. The fourth-order valence-electron chi connectivity index (χ4n) is 4.25. The van der Waals surface area contributed by atoms with Gasteiger partial charge in [0.25, 0.3) is 0 Å². The summed E-state index contributed by atoms with van der Waals surface area (Å²) in [6, 6.07) is 16.2. The number of para-hydroxylation sites is 2. The molecule has 0 aromatic heterocycles. The second-order valence-electron chi connectivity index (χ2n) is 7.98. The van der Waals surface area contributed by atoms with Gasteiger partial charge in [-0.3, -0.25) is 9.79 Å². The molecule has 1 aliphatic heterocycles. The molecule has 166 valence electrons. The van der Waals surface area contributed by atoms with Crippen LogP contribution >= 0.6 is 24.0 Å². The molecule has 0 bridgehead atoms. The average Bonchev–Trinajstić information content (AvgIpc) is 3.27. The van der Waals surface area contributed by atoms with Crippen LogP contribution in [0.1, 0.15) is 49.1 Å². The van der Waals surface area contributed by atoms with Crippen molar-refractivity contribution in [2.24, 2.45) is 4.99 Å². The number of fused-ring (bicyclic) bond motifs is 1. The van der Waals surface area contributed by atoms with Gasteiger partial charge in [-0.1, -0.05) is 36.4 Å². The first-order valence-electron chi connectivity index (χ1n) is 10.8. The largest absolute Gasteiger partial charge is 0.490 e. The Bertz CT molecular complexity index is 912. The summed E-state index contributed by atoms with van der Waals surface area (Å²) in [4.78, 5) is 16.4. The van der Waals surface area contributed by atoms with Gasteiger partial charge in [-0.15, -0.1) is 24.0 Å². The molecule has 4 rings (SSSR count). The number of hydrogen-bond donors (Lipinski definition) is 3. The van der Waals surface area contributed by atoms with Crippen LogP contribution in [0.4, 0.5) is 5.69 Å². The Morgan fingerprint density at radius 2 is 1.84 bits per heavy atom. The van der Waals surface area contributed by atoms with E-state index in [9.17, 15) is 4.79 Å². The van der Waals surface area contributed by atoms with E-state index in [1.165, 1.54) is 12.8 Å². The van der Waals surface area contributed by atoms with Crippen molar-refractivity contribution in [3.8, 4) is 5.75 Å². The predicted octanol–water partition coefficient (Wildman–Crippen LogP) is 4.42. The van der Waals surface area contributed by atoms with Crippen molar-refractivity contribution < 1.29 is 9.53 Å². The highest BCUT2D eigenvalue weighted by molar-refractivity contribution is 14.0. The second-order valence-corrected chi connectivity index (χ2v) is 7.98. The number of halogens is 1. The number of carbonyl (C=O) groups excluding carboxylic acids is 1. The zero-order valence-electron chi connectivity index (χ0n) is 17.9. The molecule has 2 aromatic carbocycles. The van der Waals surface area contributed by atoms with E-state index in [0.29, 0.717) is 31.6 Å². The normalized spacial score (nSPS) is 18.5. The fourth-order valence-corrected chi connectivity index (χ4v) is 4.25. The molecule has 1 fully saturated rings. The molecule has 3 N–H and O–H groups in total. The molecule has 31 heavy (non-hydrogen) atoms. The number of aliphatic imine (C=N–C) groups is 1. The van der Waals surface area contributed by atoms with Crippen LogP contribution in [0.15, 0.2) is 53.5 Å². The third-order valence-electron chi connectivity index (χ3n) is 5.86. The summed E-state index contributed by atoms with van der Waals surface area (Å²) >= 11 is 0. The van der Waals surface area contributed by atoms with Gasteiger partial charge in [0.15, 0.2) is 5.96 Å². The number of hydrogen-bond acceptors (Lipinski definition) is 3. The molecule has 1 atom stereocenters. The number of carbonyl (C=O) groups is 1. The number of ether oxygens (including phenoxy) is 1.